The normalized spacial score (nSPS) is 11.7. The van der Waals surface area contributed by atoms with Gasteiger partial charge in [0.1, 0.15) is 10.6 Å². The highest BCUT2D eigenvalue weighted by Crippen LogP contribution is 2.29. The highest BCUT2D eigenvalue weighted by molar-refractivity contribution is 7.89. The predicted octanol–water partition coefficient (Wildman–Crippen LogP) is 2.02. The summed E-state index contributed by atoms with van der Waals surface area (Å²) in [6, 6.07) is 7.31. The molecule has 0 aliphatic rings. The molecule has 3 rings (SSSR count). The quantitative estimate of drug-likeness (QED) is 0.774. The van der Waals surface area contributed by atoms with Gasteiger partial charge in [0.25, 0.3) is 0 Å². The summed E-state index contributed by atoms with van der Waals surface area (Å²) in [6.45, 7) is 0.189. The minimum atomic E-state index is -3.65. The van der Waals surface area contributed by atoms with Gasteiger partial charge in [-0.2, -0.15) is 5.10 Å². The van der Waals surface area contributed by atoms with Crippen LogP contribution in [-0.4, -0.2) is 23.2 Å². The van der Waals surface area contributed by atoms with E-state index in [1.54, 1.807) is 25.5 Å². The average molecular weight is 334 g/mol. The van der Waals surface area contributed by atoms with Gasteiger partial charge in [0.2, 0.25) is 10.0 Å². The van der Waals surface area contributed by atoms with E-state index in [0.717, 1.165) is 10.4 Å². The van der Waals surface area contributed by atoms with Gasteiger partial charge in [-0.1, -0.05) is 12.1 Å². The number of hydrogen-bond donors (Lipinski definition) is 1. The number of thiophene rings is 1. The molecular formula is C14H14N4O2S2. The summed E-state index contributed by atoms with van der Waals surface area (Å²) in [4.78, 5) is 4.97. The van der Waals surface area contributed by atoms with Crippen molar-refractivity contribution >= 4 is 21.4 Å². The second-order valence-electron chi connectivity index (χ2n) is 4.68. The largest absolute Gasteiger partial charge is 0.274 e. The lowest BCUT2D eigenvalue weighted by atomic mass is 10.3. The zero-order valence-corrected chi connectivity index (χ0v) is 13.4. The molecule has 22 heavy (non-hydrogen) atoms. The molecule has 3 aromatic heterocycles. The van der Waals surface area contributed by atoms with Crippen molar-refractivity contribution in [2.24, 2.45) is 7.05 Å². The van der Waals surface area contributed by atoms with E-state index in [1.807, 2.05) is 23.6 Å². The zero-order valence-electron chi connectivity index (χ0n) is 11.8. The minimum Gasteiger partial charge on any atom is -0.274 e. The third-order valence-electron chi connectivity index (χ3n) is 3.03. The molecule has 0 bridgehead atoms. The van der Waals surface area contributed by atoms with Gasteiger partial charge in [-0.3, -0.25) is 9.67 Å². The van der Waals surface area contributed by atoms with Crippen LogP contribution in [0.5, 0.6) is 0 Å². The van der Waals surface area contributed by atoms with Crippen molar-refractivity contribution in [3.8, 4) is 10.6 Å². The molecule has 3 heterocycles. The molecule has 0 aliphatic carbocycles. The van der Waals surface area contributed by atoms with E-state index in [0.29, 0.717) is 5.69 Å². The molecule has 0 saturated carbocycles. The van der Waals surface area contributed by atoms with Crippen molar-refractivity contribution < 1.29 is 8.42 Å². The summed E-state index contributed by atoms with van der Waals surface area (Å²) in [5.41, 5.74) is 1.27. The standard InChI is InChI=1S/C14H14N4O2S2/c1-18-10-13(14(17-18)12-5-3-7-21-12)22(19,20)16-9-11-4-2-6-15-8-11/h2-8,10,16H,9H2,1H3. The van der Waals surface area contributed by atoms with Crippen LogP contribution in [0.15, 0.2) is 53.1 Å². The monoisotopic (exact) mass is 334 g/mol. The molecule has 6 nitrogen and oxygen atoms in total. The average Bonchev–Trinajstić information content (AvgIpc) is 3.15. The Bertz CT molecular complexity index is 856. The van der Waals surface area contributed by atoms with Crippen molar-refractivity contribution in [3.05, 3.63) is 53.8 Å². The van der Waals surface area contributed by atoms with E-state index < -0.39 is 10.0 Å². The van der Waals surface area contributed by atoms with Crippen molar-refractivity contribution in [1.29, 1.82) is 0 Å². The Morgan fingerprint density at radius 2 is 2.18 bits per heavy atom. The summed E-state index contributed by atoms with van der Waals surface area (Å²) in [6.07, 6.45) is 4.79. The molecule has 0 unspecified atom stereocenters. The lowest BCUT2D eigenvalue weighted by Gasteiger charge is -2.06. The maximum absolute atomic E-state index is 12.6. The molecule has 3 aromatic rings. The summed E-state index contributed by atoms with van der Waals surface area (Å²) in [5, 5.41) is 6.16. The molecule has 8 heteroatoms. The number of pyridine rings is 1. The second-order valence-corrected chi connectivity index (χ2v) is 7.36. The Labute approximate surface area is 132 Å². The summed E-state index contributed by atoms with van der Waals surface area (Å²) in [5.74, 6) is 0. The maximum atomic E-state index is 12.6. The highest BCUT2D eigenvalue weighted by atomic mass is 32.2. The van der Waals surface area contributed by atoms with E-state index in [9.17, 15) is 8.42 Å². The molecule has 0 atom stereocenters. The van der Waals surface area contributed by atoms with E-state index in [1.165, 1.54) is 22.2 Å². The van der Waals surface area contributed by atoms with E-state index >= 15 is 0 Å². The van der Waals surface area contributed by atoms with Gasteiger partial charge in [-0.15, -0.1) is 11.3 Å². The number of aromatic nitrogens is 3. The van der Waals surface area contributed by atoms with Crippen LogP contribution in [0.1, 0.15) is 5.56 Å². The molecule has 0 aliphatic heterocycles. The van der Waals surface area contributed by atoms with Crippen molar-refractivity contribution in [2.45, 2.75) is 11.4 Å². The molecule has 0 radical (unpaired) electrons. The number of hydrogen-bond acceptors (Lipinski definition) is 5. The first kappa shape index (κ1) is 14.9. The second kappa shape index (κ2) is 5.99. The molecule has 0 fully saturated rings. The van der Waals surface area contributed by atoms with Gasteiger partial charge in [0, 0.05) is 32.2 Å². The van der Waals surface area contributed by atoms with Crippen LogP contribution < -0.4 is 4.72 Å². The van der Waals surface area contributed by atoms with Crippen LogP contribution in [0.3, 0.4) is 0 Å². The van der Waals surface area contributed by atoms with Gasteiger partial charge < -0.3 is 0 Å². The van der Waals surface area contributed by atoms with Gasteiger partial charge in [0.05, 0.1) is 4.88 Å². The van der Waals surface area contributed by atoms with Crippen LogP contribution in [0, 0.1) is 0 Å². The van der Waals surface area contributed by atoms with Gasteiger partial charge >= 0.3 is 0 Å². The smallest absolute Gasteiger partial charge is 0.244 e. The van der Waals surface area contributed by atoms with Crippen LogP contribution in [0.25, 0.3) is 10.6 Å². The van der Waals surface area contributed by atoms with Crippen LogP contribution >= 0.6 is 11.3 Å². The molecule has 0 amide bonds. The fourth-order valence-corrected chi connectivity index (χ4v) is 4.00. The number of sulfonamides is 1. The summed E-state index contributed by atoms with van der Waals surface area (Å²) < 4.78 is 29.2. The molecule has 0 aromatic carbocycles. The van der Waals surface area contributed by atoms with Crippen LogP contribution in [0.2, 0.25) is 0 Å². The first-order valence-electron chi connectivity index (χ1n) is 6.52. The predicted molar refractivity (Wildman–Crippen MR) is 84.8 cm³/mol. The summed E-state index contributed by atoms with van der Waals surface area (Å²) in [7, 11) is -1.94. The molecule has 0 saturated heterocycles. The maximum Gasteiger partial charge on any atom is 0.244 e. The van der Waals surface area contributed by atoms with Crippen LogP contribution in [0.4, 0.5) is 0 Å². The first-order chi connectivity index (χ1) is 10.6. The number of aryl methyl sites for hydroxylation is 1. The van der Waals surface area contributed by atoms with Gasteiger partial charge in [0.15, 0.2) is 0 Å². The van der Waals surface area contributed by atoms with Crippen molar-refractivity contribution in [1.82, 2.24) is 19.5 Å². The minimum absolute atomic E-state index is 0.182. The third-order valence-corrected chi connectivity index (χ3v) is 5.31. The lowest BCUT2D eigenvalue weighted by molar-refractivity contribution is 0.581. The van der Waals surface area contributed by atoms with E-state index in [4.69, 9.17) is 0 Å². The fraction of sp³-hybridized carbons (Fsp3) is 0.143. The Balaban J connectivity index is 1.90. The highest BCUT2D eigenvalue weighted by Gasteiger charge is 2.23. The molecular weight excluding hydrogens is 320 g/mol. The first-order valence-corrected chi connectivity index (χ1v) is 8.88. The Kier molecular flexibility index (Phi) is 4.06. The Morgan fingerprint density at radius 1 is 1.32 bits per heavy atom. The molecule has 0 spiro atoms. The SMILES string of the molecule is Cn1cc(S(=O)(=O)NCc2cccnc2)c(-c2cccs2)n1. The summed E-state index contributed by atoms with van der Waals surface area (Å²) >= 11 is 1.46. The topological polar surface area (TPSA) is 76.9 Å². The Hall–Kier alpha value is -2.03. The molecule has 114 valence electrons. The number of rotatable bonds is 5. The Morgan fingerprint density at radius 3 is 2.86 bits per heavy atom. The van der Waals surface area contributed by atoms with Gasteiger partial charge in [-0.25, -0.2) is 13.1 Å². The van der Waals surface area contributed by atoms with E-state index in [-0.39, 0.29) is 11.4 Å². The third kappa shape index (κ3) is 3.08. The zero-order chi connectivity index (χ0) is 15.6. The number of nitrogens with zero attached hydrogens (tertiary/aromatic N) is 3. The fourth-order valence-electron chi connectivity index (χ4n) is 2.01. The number of nitrogens with one attached hydrogen (secondary N) is 1. The van der Waals surface area contributed by atoms with Gasteiger partial charge in [-0.05, 0) is 23.1 Å². The van der Waals surface area contributed by atoms with Crippen molar-refractivity contribution in [3.63, 3.8) is 0 Å². The lowest BCUT2D eigenvalue weighted by Crippen LogP contribution is -2.23. The van der Waals surface area contributed by atoms with Crippen LogP contribution in [-0.2, 0) is 23.6 Å². The van der Waals surface area contributed by atoms with E-state index in [2.05, 4.69) is 14.8 Å². The molecule has 1 N–H and O–H groups in total. The van der Waals surface area contributed by atoms with Crippen molar-refractivity contribution in [2.75, 3.05) is 0 Å².